The Hall–Kier alpha value is -2.90. The van der Waals surface area contributed by atoms with Crippen molar-refractivity contribution in [1.29, 1.82) is 0 Å². The van der Waals surface area contributed by atoms with Gasteiger partial charge in [0.15, 0.2) is 0 Å². The van der Waals surface area contributed by atoms with E-state index in [0.717, 1.165) is 11.5 Å². The lowest BCUT2D eigenvalue weighted by Crippen LogP contribution is -1.74. The SMILES string of the molecule is c1coc(-c2cc3sc4c(ccc5ccc6c7sc(-c8ccco8)cc7sc6c54)c3s2)c1. The van der Waals surface area contributed by atoms with Gasteiger partial charge in [-0.05, 0) is 41.8 Å². The molecule has 6 heteroatoms. The third-order valence-corrected chi connectivity index (χ3v) is 10.9. The maximum Gasteiger partial charge on any atom is 0.143 e. The number of furan rings is 2. The molecule has 0 aliphatic rings. The van der Waals surface area contributed by atoms with Crippen molar-refractivity contribution in [3.8, 4) is 21.3 Å². The third-order valence-electron chi connectivity index (χ3n) is 5.93. The molecule has 8 rings (SSSR count). The van der Waals surface area contributed by atoms with Crippen LogP contribution in [0.3, 0.4) is 0 Å². The van der Waals surface area contributed by atoms with Gasteiger partial charge in [-0.2, -0.15) is 0 Å². The van der Waals surface area contributed by atoms with Crippen LogP contribution in [0.4, 0.5) is 0 Å². The molecule has 0 atom stereocenters. The van der Waals surface area contributed by atoms with E-state index in [0.29, 0.717) is 0 Å². The van der Waals surface area contributed by atoms with Crippen LogP contribution in [0.5, 0.6) is 0 Å². The Balaban J connectivity index is 1.42. The van der Waals surface area contributed by atoms with Crippen molar-refractivity contribution in [2.75, 3.05) is 0 Å². The fraction of sp³-hybridized carbons (Fsp3) is 0. The molecule has 0 fully saturated rings. The highest BCUT2D eigenvalue weighted by Crippen LogP contribution is 2.50. The van der Waals surface area contributed by atoms with Gasteiger partial charge in [0.05, 0.1) is 31.7 Å². The van der Waals surface area contributed by atoms with E-state index >= 15 is 0 Å². The molecule has 0 radical (unpaired) electrons. The lowest BCUT2D eigenvalue weighted by molar-refractivity contribution is 0.583. The van der Waals surface area contributed by atoms with E-state index in [4.69, 9.17) is 8.83 Å². The summed E-state index contributed by atoms with van der Waals surface area (Å²) in [7, 11) is 0. The first kappa shape index (κ1) is 17.6. The summed E-state index contributed by atoms with van der Waals surface area (Å²) >= 11 is 7.45. The average Bonchev–Trinajstić information content (AvgIpc) is 3.61. The normalized spacial score (nSPS) is 12.4. The minimum Gasteiger partial charge on any atom is -0.464 e. The first-order chi connectivity index (χ1) is 15.8. The quantitative estimate of drug-likeness (QED) is 0.244. The van der Waals surface area contributed by atoms with Crippen LogP contribution in [-0.2, 0) is 0 Å². The van der Waals surface area contributed by atoms with Crippen LogP contribution >= 0.6 is 45.3 Å². The van der Waals surface area contributed by atoms with E-state index in [1.54, 1.807) is 12.5 Å². The zero-order chi connectivity index (χ0) is 20.8. The zero-order valence-electron chi connectivity index (χ0n) is 16.4. The molecule has 32 heavy (non-hydrogen) atoms. The van der Waals surface area contributed by atoms with Crippen molar-refractivity contribution in [2.45, 2.75) is 0 Å². The van der Waals surface area contributed by atoms with Gasteiger partial charge in [-0.3, -0.25) is 0 Å². The molecular formula is C26H12O2S4. The molecule has 6 aromatic heterocycles. The summed E-state index contributed by atoms with van der Waals surface area (Å²) in [5.41, 5.74) is 0. The van der Waals surface area contributed by atoms with Crippen LogP contribution in [-0.4, -0.2) is 0 Å². The molecule has 0 bridgehead atoms. The number of fused-ring (bicyclic) bond motifs is 9. The summed E-state index contributed by atoms with van der Waals surface area (Å²) in [6, 6.07) is 21.6. The smallest absolute Gasteiger partial charge is 0.143 e. The summed E-state index contributed by atoms with van der Waals surface area (Å²) < 4.78 is 19.4. The van der Waals surface area contributed by atoms with Gasteiger partial charge in [0.2, 0.25) is 0 Å². The Labute approximate surface area is 197 Å². The summed E-state index contributed by atoms with van der Waals surface area (Å²) in [4.78, 5) is 2.39. The van der Waals surface area contributed by atoms with Crippen LogP contribution in [0.25, 0.3) is 71.0 Å². The van der Waals surface area contributed by atoms with E-state index in [-0.39, 0.29) is 0 Å². The Morgan fingerprint density at radius 3 is 1.53 bits per heavy atom. The highest BCUT2D eigenvalue weighted by molar-refractivity contribution is 7.36. The van der Waals surface area contributed by atoms with Crippen molar-refractivity contribution in [3.63, 3.8) is 0 Å². The van der Waals surface area contributed by atoms with Crippen molar-refractivity contribution < 1.29 is 8.83 Å². The molecule has 0 aliphatic heterocycles. The summed E-state index contributed by atoms with van der Waals surface area (Å²) in [6.45, 7) is 0. The molecule has 0 aliphatic carbocycles. The Morgan fingerprint density at radius 2 is 1.06 bits per heavy atom. The minimum atomic E-state index is 0.945. The summed E-state index contributed by atoms with van der Waals surface area (Å²) in [5, 5.41) is 5.40. The van der Waals surface area contributed by atoms with Crippen LogP contribution in [0, 0.1) is 0 Å². The minimum absolute atomic E-state index is 0.945. The second-order valence-corrected chi connectivity index (χ2v) is 12.0. The molecule has 0 amide bonds. The standard InChI is InChI=1S/C26H12O2S4/c1-3-16(27-9-1)18-11-20-23(29-18)14-7-5-13-6-8-15-24-21(32-26(15)22(13)25(14)31-20)12-19(30-24)17-4-2-10-28-17/h1-12H. The van der Waals surface area contributed by atoms with E-state index in [9.17, 15) is 0 Å². The second-order valence-electron chi connectivity index (χ2n) is 7.75. The highest BCUT2D eigenvalue weighted by Gasteiger charge is 2.18. The topological polar surface area (TPSA) is 26.3 Å². The number of benzene rings is 2. The molecule has 152 valence electrons. The number of hydrogen-bond donors (Lipinski definition) is 0. The van der Waals surface area contributed by atoms with Gasteiger partial charge in [-0.1, -0.05) is 24.3 Å². The van der Waals surface area contributed by atoms with E-state index in [1.807, 2.05) is 69.6 Å². The van der Waals surface area contributed by atoms with Crippen LogP contribution < -0.4 is 0 Å². The molecule has 8 aromatic rings. The van der Waals surface area contributed by atoms with Crippen molar-refractivity contribution >= 4 is 95.1 Å². The molecule has 0 saturated carbocycles. The second kappa shape index (κ2) is 6.33. The maximum absolute atomic E-state index is 5.63. The predicted molar refractivity (Wildman–Crippen MR) is 141 cm³/mol. The molecule has 6 heterocycles. The first-order valence-corrected chi connectivity index (χ1v) is 13.4. The first-order valence-electron chi connectivity index (χ1n) is 10.1. The lowest BCUT2D eigenvalue weighted by Gasteiger charge is -2.02. The number of thiophene rings is 4. The van der Waals surface area contributed by atoms with Crippen molar-refractivity contribution in [2.24, 2.45) is 0 Å². The monoisotopic (exact) mass is 484 g/mol. The lowest BCUT2D eigenvalue weighted by atomic mass is 10.1. The zero-order valence-corrected chi connectivity index (χ0v) is 19.6. The summed E-state index contributed by atoms with van der Waals surface area (Å²) in [5.74, 6) is 1.89. The van der Waals surface area contributed by atoms with Gasteiger partial charge in [0.25, 0.3) is 0 Å². The maximum atomic E-state index is 5.63. The van der Waals surface area contributed by atoms with E-state index in [2.05, 4.69) is 36.4 Å². The predicted octanol–water partition coefficient (Wildman–Crippen LogP) is 10.2. The molecule has 2 aromatic carbocycles. The fourth-order valence-electron chi connectivity index (χ4n) is 4.50. The van der Waals surface area contributed by atoms with Gasteiger partial charge in [0, 0.05) is 35.0 Å². The van der Waals surface area contributed by atoms with Crippen molar-refractivity contribution in [1.82, 2.24) is 0 Å². The highest BCUT2D eigenvalue weighted by atomic mass is 32.1. The van der Waals surface area contributed by atoms with Crippen LogP contribution in [0.2, 0.25) is 0 Å². The fourth-order valence-corrected chi connectivity index (χ4v) is 9.85. The number of rotatable bonds is 2. The molecule has 0 spiro atoms. The number of hydrogen-bond acceptors (Lipinski definition) is 6. The summed E-state index contributed by atoms with van der Waals surface area (Å²) in [6.07, 6.45) is 3.48. The van der Waals surface area contributed by atoms with Gasteiger partial charge in [0.1, 0.15) is 11.5 Å². The van der Waals surface area contributed by atoms with Crippen LogP contribution in [0.1, 0.15) is 0 Å². The van der Waals surface area contributed by atoms with Crippen molar-refractivity contribution in [3.05, 3.63) is 73.2 Å². The van der Waals surface area contributed by atoms with E-state index in [1.165, 1.54) is 59.5 Å². The Bertz CT molecular complexity index is 1780. The van der Waals surface area contributed by atoms with E-state index < -0.39 is 0 Å². The van der Waals surface area contributed by atoms with Crippen LogP contribution in [0.15, 0.2) is 82.0 Å². The average molecular weight is 485 g/mol. The Morgan fingerprint density at radius 1 is 0.531 bits per heavy atom. The van der Waals surface area contributed by atoms with Gasteiger partial charge in [-0.15, -0.1) is 45.3 Å². The Kier molecular flexibility index (Phi) is 3.49. The molecular weight excluding hydrogens is 473 g/mol. The molecule has 0 unspecified atom stereocenters. The van der Waals surface area contributed by atoms with Gasteiger partial charge in [-0.25, -0.2) is 0 Å². The third kappa shape index (κ3) is 2.33. The van der Waals surface area contributed by atoms with Gasteiger partial charge < -0.3 is 8.83 Å². The molecule has 0 saturated heterocycles. The largest absolute Gasteiger partial charge is 0.464 e. The molecule has 2 nitrogen and oxygen atoms in total. The molecule has 0 N–H and O–H groups in total. The van der Waals surface area contributed by atoms with Gasteiger partial charge >= 0.3 is 0 Å².